The van der Waals surface area contributed by atoms with Crippen molar-refractivity contribution in [1.29, 1.82) is 0 Å². The number of carbonyl (C=O) groups is 3. The molecule has 3 amide bonds. The van der Waals surface area contributed by atoms with Gasteiger partial charge in [0.15, 0.2) is 0 Å². The van der Waals surface area contributed by atoms with Gasteiger partial charge in [0.25, 0.3) is 11.8 Å². The lowest BCUT2D eigenvalue weighted by Gasteiger charge is -2.22. The summed E-state index contributed by atoms with van der Waals surface area (Å²) in [6, 6.07) is 10.5. The van der Waals surface area contributed by atoms with Gasteiger partial charge in [-0.05, 0) is 69.2 Å². The van der Waals surface area contributed by atoms with Crippen molar-refractivity contribution < 1.29 is 19.1 Å². The van der Waals surface area contributed by atoms with E-state index < -0.39 is 11.9 Å². The number of halogens is 1. The molecule has 0 spiro atoms. The summed E-state index contributed by atoms with van der Waals surface area (Å²) in [7, 11) is 0. The van der Waals surface area contributed by atoms with Gasteiger partial charge in [-0.1, -0.05) is 25.4 Å². The Bertz CT molecular complexity index is 958. The first-order chi connectivity index (χ1) is 15.1. The molecule has 0 heterocycles. The van der Waals surface area contributed by atoms with Crippen molar-refractivity contribution in [1.82, 2.24) is 10.6 Å². The van der Waals surface area contributed by atoms with Crippen LogP contribution in [0.5, 0.6) is 5.75 Å². The van der Waals surface area contributed by atoms with Crippen molar-refractivity contribution in [3.8, 4) is 5.75 Å². The number of rotatable bonds is 9. The monoisotopic (exact) mass is 459 g/mol. The smallest absolute Gasteiger partial charge is 0.251 e. The zero-order valence-electron chi connectivity index (χ0n) is 19.0. The quantitative estimate of drug-likeness (QED) is 0.521. The Kier molecular flexibility index (Phi) is 9.08. The van der Waals surface area contributed by atoms with E-state index in [9.17, 15) is 14.4 Å². The molecule has 1 unspecified atom stereocenters. The van der Waals surface area contributed by atoms with E-state index in [1.165, 1.54) is 6.07 Å². The number of benzene rings is 2. The van der Waals surface area contributed by atoms with E-state index in [0.29, 0.717) is 34.2 Å². The summed E-state index contributed by atoms with van der Waals surface area (Å²) in [6.07, 6.45) is 0. The summed E-state index contributed by atoms with van der Waals surface area (Å²) in [5, 5.41) is 8.60. The third-order valence-electron chi connectivity index (χ3n) is 4.57. The maximum Gasteiger partial charge on any atom is 0.251 e. The average Bonchev–Trinajstić information content (AvgIpc) is 2.73. The normalized spacial score (nSPS) is 11.8. The second kappa shape index (κ2) is 11.5. The molecule has 0 fully saturated rings. The fourth-order valence-electron chi connectivity index (χ4n) is 2.95. The second-order valence-corrected chi connectivity index (χ2v) is 8.37. The SMILES string of the molecule is CCOc1ccc(C(=O)NC(C(=O)Nc2cc(C(=O)NC(C)C)ccc2Cl)C(C)C)cc1. The molecule has 0 bridgehead atoms. The summed E-state index contributed by atoms with van der Waals surface area (Å²) < 4.78 is 5.39. The number of hydrogen-bond donors (Lipinski definition) is 3. The Balaban J connectivity index is 2.14. The van der Waals surface area contributed by atoms with Gasteiger partial charge >= 0.3 is 0 Å². The summed E-state index contributed by atoms with van der Waals surface area (Å²) in [6.45, 7) is 9.79. The van der Waals surface area contributed by atoms with Crippen LogP contribution in [-0.2, 0) is 4.79 Å². The lowest BCUT2D eigenvalue weighted by Crippen LogP contribution is -2.47. The molecule has 0 aliphatic rings. The predicted molar refractivity (Wildman–Crippen MR) is 126 cm³/mol. The molecule has 0 aromatic heterocycles. The van der Waals surface area contributed by atoms with E-state index >= 15 is 0 Å². The lowest BCUT2D eigenvalue weighted by atomic mass is 10.0. The highest BCUT2D eigenvalue weighted by Crippen LogP contribution is 2.24. The van der Waals surface area contributed by atoms with Crippen molar-refractivity contribution in [3.63, 3.8) is 0 Å². The van der Waals surface area contributed by atoms with E-state index in [1.54, 1.807) is 36.4 Å². The van der Waals surface area contributed by atoms with Crippen LogP contribution in [0.4, 0.5) is 5.69 Å². The summed E-state index contributed by atoms with van der Waals surface area (Å²) in [5.41, 5.74) is 1.09. The number of anilines is 1. The van der Waals surface area contributed by atoms with Crippen LogP contribution < -0.4 is 20.7 Å². The van der Waals surface area contributed by atoms with Crippen molar-refractivity contribution in [2.24, 2.45) is 5.92 Å². The Hall–Kier alpha value is -3.06. The number of carbonyl (C=O) groups excluding carboxylic acids is 3. The van der Waals surface area contributed by atoms with Crippen molar-refractivity contribution in [3.05, 3.63) is 58.6 Å². The van der Waals surface area contributed by atoms with E-state index in [1.807, 2.05) is 34.6 Å². The first-order valence-electron chi connectivity index (χ1n) is 10.6. The van der Waals surface area contributed by atoms with E-state index in [-0.39, 0.29) is 23.8 Å². The summed E-state index contributed by atoms with van der Waals surface area (Å²) in [4.78, 5) is 37.9. The molecule has 0 saturated heterocycles. The predicted octanol–water partition coefficient (Wildman–Crippen LogP) is 4.27. The van der Waals surface area contributed by atoms with E-state index in [0.717, 1.165) is 0 Å². The van der Waals surface area contributed by atoms with Gasteiger partial charge in [-0.3, -0.25) is 14.4 Å². The highest BCUT2D eigenvalue weighted by atomic mass is 35.5. The molecule has 2 aromatic rings. The molecule has 0 aliphatic carbocycles. The molecule has 1 atom stereocenters. The fourth-order valence-corrected chi connectivity index (χ4v) is 3.11. The highest BCUT2D eigenvalue weighted by Gasteiger charge is 2.25. The molecule has 32 heavy (non-hydrogen) atoms. The molecule has 2 aromatic carbocycles. The molecule has 7 nitrogen and oxygen atoms in total. The average molecular weight is 460 g/mol. The van der Waals surface area contributed by atoms with Crippen molar-refractivity contribution in [2.75, 3.05) is 11.9 Å². The zero-order valence-corrected chi connectivity index (χ0v) is 19.7. The van der Waals surface area contributed by atoms with E-state index in [2.05, 4.69) is 16.0 Å². The number of amides is 3. The minimum Gasteiger partial charge on any atom is -0.494 e. The van der Waals surface area contributed by atoms with Crippen LogP contribution in [0.2, 0.25) is 5.02 Å². The van der Waals surface area contributed by atoms with Crippen LogP contribution >= 0.6 is 11.6 Å². The Morgan fingerprint density at radius 3 is 2.06 bits per heavy atom. The van der Waals surface area contributed by atoms with E-state index in [4.69, 9.17) is 16.3 Å². The maximum atomic E-state index is 13.0. The van der Waals surface area contributed by atoms with Crippen molar-refractivity contribution in [2.45, 2.75) is 46.7 Å². The van der Waals surface area contributed by atoms with Crippen molar-refractivity contribution >= 4 is 35.0 Å². The molecule has 0 aliphatic heterocycles. The van der Waals surface area contributed by atoms with Gasteiger partial charge in [-0.15, -0.1) is 0 Å². The standard InChI is InChI=1S/C24H30ClN3O4/c1-6-32-18-10-7-16(8-11-18)22(29)28-21(14(2)3)24(31)27-20-13-17(9-12-19(20)25)23(30)26-15(4)5/h7-15,21H,6H2,1-5H3,(H,26,30)(H,27,31)(H,28,29). The van der Waals surface area contributed by atoms with Gasteiger partial charge < -0.3 is 20.7 Å². The van der Waals surface area contributed by atoms with Crippen LogP contribution in [0.3, 0.4) is 0 Å². The molecule has 0 saturated carbocycles. The first kappa shape index (κ1) is 25.2. The zero-order chi connectivity index (χ0) is 23.8. The largest absolute Gasteiger partial charge is 0.494 e. The summed E-state index contributed by atoms with van der Waals surface area (Å²) >= 11 is 6.23. The highest BCUT2D eigenvalue weighted by molar-refractivity contribution is 6.34. The lowest BCUT2D eigenvalue weighted by molar-refractivity contribution is -0.118. The molecule has 3 N–H and O–H groups in total. The molecule has 2 rings (SSSR count). The molecule has 0 radical (unpaired) electrons. The second-order valence-electron chi connectivity index (χ2n) is 7.96. The maximum absolute atomic E-state index is 13.0. The molecule has 172 valence electrons. The van der Waals surface area contributed by atoms with Gasteiger partial charge in [-0.2, -0.15) is 0 Å². The fraction of sp³-hybridized carbons (Fsp3) is 0.375. The van der Waals surface area contributed by atoms with Gasteiger partial charge in [0.1, 0.15) is 11.8 Å². The Morgan fingerprint density at radius 2 is 1.50 bits per heavy atom. The first-order valence-corrected chi connectivity index (χ1v) is 10.9. The van der Waals surface area contributed by atoms with Crippen LogP contribution in [0.15, 0.2) is 42.5 Å². The molecular formula is C24H30ClN3O4. The number of ether oxygens (including phenoxy) is 1. The third kappa shape index (κ3) is 6.99. The van der Waals surface area contributed by atoms with Gasteiger partial charge in [0.05, 0.1) is 17.3 Å². The number of nitrogens with one attached hydrogen (secondary N) is 3. The summed E-state index contributed by atoms with van der Waals surface area (Å²) in [5.74, 6) is -0.594. The van der Waals surface area contributed by atoms with Gasteiger partial charge in [-0.25, -0.2) is 0 Å². The number of hydrogen-bond acceptors (Lipinski definition) is 4. The van der Waals surface area contributed by atoms with Crippen LogP contribution in [0.1, 0.15) is 55.3 Å². The topological polar surface area (TPSA) is 96.5 Å². The van der Waals surface area contributed by atoms with Gasteiger partial charge in [0, 0.05) is 17.2 Å². The van der Waals surface area contributed by atoms with Crippen LogP contribution in [-0.4, -0.2) is 36.4 Å². The Labute approximate surface area is 193 Å². The molecular weight excluding hydrogens is 430 g/mol. The van der Waals surface area contributed by atoms with Crippen LogP contribution in [0.25, 0.3) is 0 Å². The minimum atomic E-state index is -0.807. The third-order valence-corrected chi connectivity index (χ3v) is 4.90. The molecule has 8 heteroatoms. The minimum absolute atomic E-state index is 0.0284. The van der Waals surface area contributed by atoms with Crippen LogP contribution in [0, 0.1) is 5.92 Å². The Morgan fingerprint density at radius 1 is 0.906 bits per heavy atom. The van der Waals surface area contributed by atoms with Gasteiger partial charge in [0.2, 0.25) is 5.91 Å².